The minimum atomic E-state index is -0.576. The van der Waals surface area contributed by atoms with Crippen molar-refractivity contribution in [2.45, 2.75) is 29.9 Å². The molecule has 188 valence electrons. The lowest BCUT2D eigenvalue weighted by Crippen LogP contribution is -2.19. The largest absolute Gasteiger partial charge is 0.326 e. The highest BCUT2D eigenvalue weighted by Crippen LogP contribution is 2.38. The summed E-state index contributed by atoms with van der Waals surface area (Å²) in [7, 11) is 0. The zero-order valence-corrected chi connectivity index (χ0v) is 21.6. The molecule has 4 rings (SSSR count). The Labute approximate surface area is 222 Å². The van der Waals surface area contributed by atoms with E-state index in [-0.39, 0.29) is 17.5 Å². The number of amides is 2. The second-order valence-electron chi connectivity index (χ2n) is 8.07. The molecule has 1 atom stereocenters. The van der Waals surface area contributed by atoms with E-state index in [2.05, 4.69) is 15.6 Å². The van der Waals surface area contributed by atoms with Crippen LogP contribution in [0.4, 0.5) is 16.5 Å². The van der Waals surface area contributed by atoms with Gasteiger partial charge in [-0.1, -0.05) is 55.5 Å². The summed E-state index contributed by atoms with van der Waals surface area (Å²) in [6.07, 6.45) is 1.20. The van der Waals surface area contributed by atoms with E-state index in [9.17, 15) is 19.7 Å². The van der Waals surface area contributed by atoms with Gasteiger partial charge in [0.2, 0.25) is 11.8 Å². The number of benzene rings is 3. The predicted octanol–water partition coefficient (Wildman–Crippen LogP) is 6.93. The van der Waals surface area contributed by atoms with E-state index in [1.54, 1.807) is 17.5 Å². The van der Waals surface area contributed by atoms with Gasteiger partial charge >= 0.3 is 0 Å². The van der Waals surface area contributed by atoms with Crippen molar-refractivity contribution in [3.8, 4) is 11.3 Å². The third-order valence-corrected chi connectivity index (χ3v) is 7.28. The van der Waals surface area contributed by atoms with Crippen LogP contribution in [0, 0.1) is 10.1 Å². The quantitative estimate of drug-likeness (QED) is 0.130. The number of nitrogens with zero attached hydrogens (tertiary/aromatic N) is 2. The summed E-state index contributed by atoms with van der Waals surface area (Å²) >= 11 is 2.62. The number of rotatable bonds is 10. The van der Waals surface area contributed by atoms with E-state index in [0.717, 1.165) is 16.9 Å². The maximum Gasteiger partial charge on any atom is 0.270 e. The minimum Gasteiger partial charge on any atom is -0.326 e. The number of nitro benzene ring substituents is 1. The SMILES string of the molecule is CCCC(=O)Nc1cccc(SC(C(=O)Nc2nc(-c3cccc([N+](=O)[O-])c3)cs2)c2ccccc2)c1. The summed E-state index contributed by atoms with van der Waals surface area (Å²) in [5, 5.41) is 18.5. The Kier molecular flexibility index (Phi) is 8.65. The van der Waals surface area contributed by atoms with Crippen molar-refractivity contribution in [1.29, 1.82) is 0 Å². The van der Waals surface area contributed by atoms with Gasteiger partial charge in [0.15, 0.2) is 5.13 Å². The molecule has 0 saturated carbocycles. The molecule has 0 bridgehead atoms. The lowest BCUT2D eigenvalue weighted by molar-refractivity contribution is -0.384. The molecule has 10 heteroatoms. The third-order valence-electron chi connectivity index (χ3n) is 5.28. The Bertz CT molecular complexity index is 1410. The van der Waals surface area contributed by atoms with Crippen LogP contribution in [0.1, 0.15) is 30.6 Å². The number of aromatic nitrogens is 1. The highest BCUT2D eigenvalue weighted by molar-refractivity contribution is 8.00. The van der Waals surface area contributed by atoms with E-state index in [1.807, 2.05) is 61.5 Å². The van der Waals surface area contributed by atoms with Gasteiger partial charge in [-0.05, 0) is 30.2 Å². The molecule has 0 aliphatic heterocycles. The number of anilines is 2. The summed E-state index contributed by atoms with van der Waals surface area (Å²) < 4.78 is 0. The van der Waals surface area contributed by atoms with Crippen molar-refractivity contribution in [3.63, 3.8) is 0 Å². The zero-order chi connectivity index (χ0) is 26.2. The summed E-state index contributed by atoms with van der Waals surface area (Å²) in [5.74, 6) is -0.304. The molecule has 0 saturated heterocycles. The fraction of sp³-hybridized carbons (Fsp3) is 0.148. The highest BCUT2D eigenvalue weighted by Gasteiger charge is 2.23. The molecule has 1 aromatic heterocycles. The van der Waals surface area contributed by atoms with Crippen LogP contribution in [0.2, 0.25) is 0 Å². The Morgan fingerprint density at radius 1 is 1.03 bits per heavy atom. The number of nitrogens with one attached hydrogen (secondary N) is 2. The third kappa shape index (κ3) is 7.02. The minimum absolute atomic E-state index is 0.0234. The molecule has 1 unspecified atom stereocenters. The van der Waals surface area contributed by atoms with Gasteiger partial charge in [-0.3, -0.25) is 19.7 Å². The first-order valence-electron chi connectivity index (χ1n) is 11.6. The molecule has 3 aromatic carbocycles. The first kappa shape index (κ1) is 26.1. The van der Waals surface area contributed by atoms with Crippen molar-refractivity contribution in [1.82, 2.24) is 4.98 Å². The van der Waals surface area contributed by atoms with Gasteiger partial charge in [0.05, 0.1) is 10.6 Å². The molecule has 0 fully saturated rings. The van der Waals surface area contributed by atoms with E-state index < -0.39 is 10.2 Å². The number of hydrogen-bond acceptors (Lipinski definition) is 7. The summed E-state index contributed by atoms with van der Waals surface area (Å²) in [6, 6.07) is 23.0. The Hall–Kier alpha value is -4.02. The van der Waals surface area contributed by atoms with Gasteiger partial charge in [-0.2, -0.15) is 0 Å². The molecule has 0 aliphatic carbocycles. The first-order valence-corrected chi connectivity index (χ1v) is 13.3. The number of thiazole rings is 1. The molecule has 4 aromatic rings. The fourth-order valence-corrected chi connectivity index (χ4v) is 5.35. The number of nitro groups is 1. The van der Waals surface area contributed by atoms with Crippen molar-refractivity contribution < 1.29 is 14.5 Å². The predicted molar refractivity (Wildman–Crippen MR) is 148 cm³/mol. The van der Waals surface area contributed by atoms with Crippen LogP contribution in [-0.2, 0) is 9.59 Å². The van der Waals surface area contributed by atoms with E-state index in [4.69, 9.17) is 0 Å². The van der Waals surface area contributed by atoms with Crippen molar-refractivity contribution in [2.24, 2.45) is 0 Å². The maximum atomic E-state index is 13.4. The lowest BCUT2D eigenvalue weighted by atomic mass is 10.1. The van der Waals surface area contributed by atoms with E-state index in [1.165, 1.54) is 35.2 Å². The van der Waals surface area contributed by atoms with Crippen molar-refractivity contribution in [3.05, 3.63) is 99.9 Å². The number of carbonyl (C=O) groups excluding carboxylic acids is 2. The molecular weight excluding hydrogens is 508 g/mol. The Balaban J connectivity index is 1.53. The summed E-state index contributed by atoms with van der Waals surface area (Å²) in [6.45, 7) is 1.95. The van der Waals surface area contributed by atoms with Gasteiger partial charge < -0.3 is 10.6 Å². The van der Waals surface area contributed by atoms with Crippen LogP contribution in [0.15, 0.2) is 89.1 Å². The van der Waals surface area contributed by atoms with Crippen molar-refractivity contribution >= 4 is 51.4 Å². The normalized spacial score (nSPS) is 11.5. The number of thioether (sulfide) groups is 1. The highest BCUT2D eigenvalue weighted by atomic mass is 32.2. The molecule has 0 aliphatic rings. The molecule has 2 N–H and O–H groups in total. The number of non-ortho nitro benzene ring substituents is 1. The fourth-order valence-electron chi connectivity index (χ4n) is 3.55. The molecule has 37 heavy (non-hydrogen) atoms. The monoisotopic (exact) mass is 532 g/mol. The van der Waals surface area contributed by atoms with Crippen LogP contribution >= 0.6 is 23.1 Å². The Morgan fingerprint density at radius 2 is 1.81 bits per heavy atom. The number of carbonyl (C=O) groups is 2. The van der Waals surface area contributed by atoms with Crippen LogP contribution in [0.5, 0.6) is 0 Å². The van der Waals surface area contributed by atoms with Crippen LogP contribution in [-0.4, -0.2) is 21.7 Å². The molecule has 1 heterocycles. The Morgan fingerprint density at radius 3 is 2.57 bits per heavy atom. The maximum absolute atomic E-state index is 13.4. The average molecular weight is 533 g/mol. The second-order valence-corrected chi connectivity index (χ2v) is 10.1. The van der Waals surface area contributed by atoms with Gasteiger partial charge in [-0.25, -0.2) is 4.98 Å². The molecule has 0 spiro atoms. The number of hydrogen-bond donors (Lipinski definition) is 2. The summed E-state index contributed by atoms with van der Waals surface area (Å²) in [4.78, 5) is 41.4. The first-order chi connectivity index (χ1) is 17.9. The van der Waals surface area contributed by atoms with Crippen LogP contribution < -0.4 is 10.6 Å². The molecule has 2 amide bonds. The van der Waals surface area contributed by atoms with E-state index >= 15 is 0 Å². The second kappa shape index (κ2) is 12.3. The lowest BCUT2D eigenvalue weighted by Gasteiger charge is -2.17. The van der Waals surface area contributed by atoms with Crippen molar-refractivity contribution in [2.75, 3.05) is 10.6 Å². The van der Waals surface area contributed by atoms with Gasteiger partial charge in [-0.15, -0.1) is 23.1 Å². The average Bonchev–Trinajstić information content (AvgIpc) is 3.36. The van der Waals surface area contributed by atoms with Crippen LogP contribution in [0.3, 0.4) is 0 Å². The molecular formula is C27H24N4O4S2. The summed E-state index contributed by atoms with van der Waals surface area (Å²) in [5.41, 5.74) is 2.62. The zero-order valence-electron chi connectivity index (χ0n) is 19.9. The topological polar surface area (TPSA) is 114 Å². The standard InChI is InChI=1S/C27H24N4O4S2/c1-2-8-24(32)28-20-12-7-14-22(16-20)37-25(18-9-4-3-5-10-18)26(33)30-27-29-23(17-36-27)19-11-6-13-21(15-19)31(34)35/h3-7,9-17,25H,2,8H2,1H3,(H,28,32)(H,29,30,33). The van der Waals surface area contributed by atoms with Crippen LogP contribution in [0.25, 0.3) is 11.3 Å². The smallest absolute Gasteiger partial charge is 0.270 e. The van der Waals surface area contributed by atoms with E-state index in [0.29, 0.717) is 28.5 Å². The van der Waals surface area contributed by atoms with Gasteiger partial charge in [0, 0.05) is 40.1 Å². The van der Waals surface area contributed by atoms with Gasteiger partial charge in [0.1, 0.15) is 5.25 Å². The molecule has 8 nitrogen and oxygen atoms in total. The molecule has 0 radical (unpaired) electrons. The van der Waals surface area contributed by atoms with Gasteiger partial charge in [0.25, 0.3) is 5.69 Å².